The smallest absolute Gasteiger partial charge is 0.225 e. The van der Waals surface area contributed by atoms with Crippen molar-refractivity contribution in [2.75, 3.05) is 17.2 Å². The number of ether oxygens (including phenoxy) is 1. The molecule has 2 aliphatic carbocycles. The summed E-state index contributed by atoms with van der Waals surface area (Å²) in [5.74, 6) is 2.20. The molecule has 0 aromatic carbocycles. The van der Waals surface area contributed by atoms with Gasteiger partial charge in [0.1, 0.15) is 17.7 Å². The average molecular weight is 526 g/mol. The van der Waals surface area contributed by atoms with E-state index < -0.39 is 29.8 Å². The SMILES string of the molecule is CCOc1cc2cc(-c3c(C)nc(NC(C)C4CC4)nc3N[C@@H]3C[C@H](C(C)(C)O)[C@@H](O)[C@H]3O)oc2c(C)n1. The van der Waals surface area contributed by atoms with Crippen molar-refractivity contribution in [3.05, 3.63) is 23.5 Å². The predicted molar refractivity (Wildman–Crippen MR) is 145 cm³/mol. The zero-order valence-electron chi connectivity index (χ0n) is 22.9. The second-order valence-corrected chi connectivity index (χ2v) is 11.4. The topological polar surface area (TPSA) is 146 Å². The van der Waals surface area contributed by atoms with Crippen LogP contribution in [0.4, 0.5) is 11.8 Å². The van der Waals surface area contributed by atoms with Gasteiger partial charge in [0.05, 0.1) is 41.3 Å². The van der Waals surface area contributed by atoms with E-state index in [0.29, 0.717) is 64.9 Å². The molecule has 5 N–H and O–H groups in total. The molecule has 3 heterocycles. The lowest BCUT2D eigenvalue weighted by atomic mass is 9.88. The van der Waals surface area contributed by atoms with E-state index in [1.165, 1.54) is 12.8 Å². The van der Waals surface area contributed by atoms with Gasteiger partial charge in [0.2, 0.25) is 11.8 Å². The standard InChI is InChI=1S/C28H39N5O5/c1-7-37-21-11-17-10-20(38-25(17)15(4)29-21)22-14(3)31-27(30-13(2)16-8-9-16)33-26(22)32-19-12-18(28(5,6)36)23(34)24(19)35/h10-11,13,16,18-19,23-24,34-36H,7-9,12H2,1-6H3,(H2,30,31,32,33)/t13?,18-,19+,23+,24-/m0/s1. The maximum Gasteiger partial charge on any atom is 0.225 e. The highest BCUT2D eigenvalue weighted by Crippen LogP contribution is 2.40. The summed E-state index contributed by atoms with van der Waals surface area (Å²) < 4.78 is 11.9. The second kappa shape index (κ2) is 9.98. The Hall–Kier alpha value is -2.95. The van der Waals surface area contributed by atoms with Crippen molar-refractivity contribution in [2.45, 2.75) is 90.7 Å². The summed E-state index contributed by atoms with van der Waals surface area (Å²) in [6.45, 7) is 11.6. The first-order valence-electron chi connectivity index (χ1n) is 13.5. The number of furan rings is 1. The number of hydrogen-bond acceptors (Lipinski definition) is 10. The molecule has 1 unspecified atom stereocenters. The summed E-state index contributed by atoms with van der Waals surface area (Å²) in [5.41, 5.74) is 1.59. The summed E-state index contributed by atoms with van der Waals surface area (Å²) in [5, 5.41) is 39.8. The number of aromatic nitrogens is 3. The minimum Gasteiger partial charge on any atom is -0.478 e. The molecule has 5 atom stereocenters. The molecule has 10 heteroatoms. The van der Waals surface area contributed by atoms with Crippen LogP contribution in [0.25, 0.3) is 22.3 Å². The first-order chi connectivity index (χ1) is 18.0. The molecular weight excluding hydrogens is 486 g/mol. The normalized spacial score (nSPS) is 24.6. The van der Waals surface area contributed by atoms with Gasteiger partial charge in [-0.1, -0.05) is 0 Å². The number of pyridine rings is 1. The van der Waals surface area contributed by atoms with Gasteiger partial charge in [-0.2, -0.15) is 4.98 Å². The van der Waals surface area contributed by atoms with E-state index >= 15 is 0 Å². The highest BCUT2D eigenvalue weighted by Gasteiger charge is 2.48. The fraction of sp³-hybridized carbons (Fsp3) is 0.607. The zero-order chi connectivity index (χ0) is 27.4. The Bertz CT molecular complexity index is 1320. The molecule has 38 heavy (non-hydrogen) atoms. The molecule has 0 amide bonds. The average Bonchev–Trinajstić information content (AvgIpc) is 3.53. The van der Waals surface area contributed by atoms with Gasteiger partial charge in [-0.25, -0.2) is 9.97 Å². The largest absolute Gasteiger partial charge is 0.478 e. The summed E-state index contributed by atoms with van der Waals surface area (Å²) in [7, 11) is 0. The van der Waals surface area contributed by atoms with Gasteiger partial charge in [0.25, 0.3) is 0 Å². The van der Waals surface area contributed by atoms with Crippen LogP contribution in [0.2, 0.25) is 0 Å². The van der Waals surface area contributed by atoms with Crippen LogP contribution < -0.4 is 15.4 Å². The first kappa shape index (κ1) is 26.6. The van der Waals surface area contributed by atoms with Crippen molar-refractivity contribution in [2.24, 2.45) is 11.8 Å². The summed E-state index contributed by atoms with van der Waals surface area (Å²) in [6, 6.07) is 3.48. The molecule has 0 spiro atoms. The molecule has 5 rings (SSSR count). The van der Waals surface area contributed by atoms with Gasteiger partial charge in [-0.05, 0) is 72.8 Å². The van der Waals surface area contributed by atoms with E-state index in [0.717, 1.165) is 5.39 Å². The third-order valence-electron chi connectivity index (χ3n) is 7.87. The molecule has 10 nitrogen and oxygen atoms in total. The fourth-order valence-electron chi connectivity index (χ4n) is 5.53. The molecule has 2 aliphatic rings. The highest BCUT2D eigenvalue weighted by atomic mass is 16.5. The highest BCUT2D eigenvalue weighted by molar-refractivity contribution is 5.88. The summed E-state index contributed by atoms with van der Waals surface area (Å²) in [6.07, 6.45) is 0.611. The fourth-order valence-corrected chi connectivity index (χ4v) is 5.53. The molecule has 0 aliphatic heterocycles. The maximum absolute atomic E-state index is 10.9. The predicted octanol–water partition coefficient (Wildman–Crippen LogP) is 3.80. The van der Waals surface area contributed by atoms with Gasteiger partial charge in [-0.15, -0.1) is 0 Å². The van der Waals surface area contributed by atoms with E-state index in [4.69, 9.17) is 19.1 Å². The van der Waals surface area contributed by atoms with Crippen LogP contribution in [-0.2, 0) is 0 Å². The van der Waals surface area contributed by atoms with Crippen molar-refractivity contribution in [1.82, 2.24) is 15.0 Å². The molecule has 2 fully saturated rings. The lowest BCUT2D eigenvalue weighted by Crippen LogP contribution is -2.40. The third kappa shape index (κ3) is 5.17. The Labute approximate surface area is 222 Å². The van der Waals surface area contributed by atoms with Gasteiger partial charge in [0, 0.05) is 23.4 Å². The number of nitrogens with zero attached hydrogens (tertiary/aromatic N) is 3. The first-order valence-corrected chi connectivity index (χ1v) is 13.5. The molecule has 206 valence electrons. The van der Waals surface area contributed by atoms with E-state index in [-0.39, 0.29) is 6.04 Å². The van der Waals surface area contributed by atoms with Crippen molar-refractivity contribution in [3.63, 3.8) is 0 Å². The van der Waals surface area contributed by atoms with E-state index in [2.05, 4.69) is 22.5 Å². The van der Waals surface area contributed by atoms with Crippen LogP contribution in [-0.4, -0.2) is 66.8 Å². The monoisotopic (exact) mass is 525 g/mol. The van der Waals surface area contributed by atoms with Gasteiger partial charge >= 0.3 is 0 Å². The molecule has 0 bridgehead atoms. The second-order valence-electron chi connectivity index (χ2n) is 11.4. The molecule has 0 radical (unpaired) electrons. The number of hydrogen-bond donors (Lipinski definition) is 5. The number of aryl methyl sites for hydroxylation is 2. The van der Waals surface area contributed by atoms with Crippen molar-refractivity contribution in [1.29, 1.82) is 0 Å². The van der Waals surface area contributed by atoms with E-state index in [1.807, 2.05) is 32.9 Å². The Morgan fingerprint density at radius 2 is 1.84 bits per heavy atom. The van der Waals surface area contributed by atoms with Gasteiger partial charge in [0.15, 0.2) is 5.58 Å². The van der Waals surface area contributed by atoms with Gasteiger partial charge in [-0.3, -0.25) is 0 Å². The number of nitrogens with one attached hydrogen (secondary N) is 2. The zero-order valence-corrected chi connectivity index (χ0v) is 22.9. The van der Waals surface area contributed by atoms with Crippen molar-refractivity contribution >= 4 is 22.7 Å². The van der Waals surface area contributed by atoms with Crippen LogP contribution in [0, 0.1) is 25.7 Å². The minimum absolute atomic E-state index is 0.239. The van der Waals surface area contributed by atoms with E-state index in [1.54, 1.807) is 13.8 Å². The Morgan fingerprint density at radius 1 is 1.11 bits per heavy atom. The molecule has 3 aromatic heterocycles. The molecular formula is C28H39N5O5. The molecule has 0 saturated heterocycles. The Kier molecular flexibility index (Phi) is 7.00. The van der Waals surface area contributed by atoms with Crippen LogP contribution >= 0.6 is 0 Å². The minimum atomic E-state index is -1.14. The summed E-state index contributed by atoms with van der Waals surface area (Å²) in [4.78, 5) is 14.1. The number of fused-ring (bicyclic) bond motifs is 1. The number of aliphatic hydroxyl groups excluding tert-OH is 2. The van der Waals surface area contributed by atoms with Crippen LogP contribution in [0.3, 0.4) is 0 Å². The Morgan fingerprint density at radius 3 is 2.47 bits per heavy atom. The van der Waals surface area contributed by atoms with Crippen LogP contribution in [0.1, 0.15) is 58.3 Å². The Balaban J connectivity index is 1.55. The number of aliphatic hydroxyl groups is 3. The van der Waals surface area contributed by atoms with Crippen LogP contribution in [0.5, 0.6) is 5.88 Å². The maximum atomic E-state index is 10.9. The lowest BCUT2D eigenvalue weighted by molar-refractivity contribution is -0.0601. The van der Waals surface area contributed by atoms with Gasteiger partial charge < -0.3 is 35.1 Å². The number of anilines is 2. The third-order valence-corrected chi connectivity index (χ3v) is 7.87. The number of rotatable bonds is 9. The quantitative estimate of drug-likeness (QED) is 0.279. The van der Waals surface area contributed by atoms with Crippen molar-refractivity contribution in [3.8, 4) is 17.2 Å². The lowest BCUT2D eigenvalue weighted by Gasteiger charge is -2.28. The molecule has 3 aromatic rings. The van der Waals surface area contributed by atoms with E-state index in [9.17, 15) is 15.3 Å². The van der Waals surface area contributed by atoms with Crippen molar-refractivity contribution < 1.29 is 24.5 Å². The summed E-state index contributed by atoms with van der Waals surface area (Å²) >= 11 is 0. The van der Waals surface area contributed by atoms with Crippen LogP contribution in [0.15, 0.2) is 16.5 Å². The molecule has 2 saturated carbocycles.